The number of hydrogen-bond acceptors (Lipinski definition) is 2. The minimum atomic E-state index is -4.19. The summed E-state index contributed by atoms with van der Waals surface area (Å²) in [5.41, 5.74) is 6.86. The Morgan fingerprint density at radius 3 is 2.33 bits per heavy atom. The van der Waals surface area contributed by atoms with Crippen LogP contribution in [0.1, 0.15) is 31.4 Å². The van der Waals surface area contributed by atoms with Gasteiger partial charge in [0.2, 0.25) is 0 Å². The van der Waals surface area contributed by atoms with Gasteiger partial charge < -0.3 is 10.5 Å². The van der Waals surface area contributed by atoms with Gasteiger partial charge in [0.15, 0.2) is 0 Å². The predicted molar refractivity (Wildman–Crippen MR) is 64.1 cm³/mol. The van der Waals surface area contributed by atoms with Crippen molar-refractivity contribution in [3.05, 3.63) is 35.9 Å². The van der Waals surface area contributed by atoms with E-state index in [0.29, 0.717) is 6.42 Å². The summed E-state index contributed by atoms with van der Waals surface area (Å²) in [5, 5.41) is 0. The van der Waals surface area contributed by atoms with Gasteiger partial charge in [-0.2, -0.15) is 13.2 Å². The first-order chi connectivity index (χ1) is 8.44. The molecule has 102 valence electrons. The Morgan fingerprint density at radius 2 is 1.83 bits per heavy atom. The molecule has 0 heterocycles. The maximum absolute atomic E-state index is 12.0. The fourth-order valence-corrected chi connectivity index (χ4v) is 1.69. The molecule has 0 aromatic heterocycles. The summed E-state index contributed by atoms with van der Waals surface area (Å²) in [4.78, 5) is 0. The van der Waals surface area contributed by atoms with E-state index in [1.54, 1.807) is 0 Å². The molecule has 1 aromatic rings. The van der Waals surface area contributed by atoms with Gasteiger partial charge in [-0.1, -0.05) is 37.3 Å². The Labute approximate surface area is 105 Å². The number of rotatable bonds is 6. The molecule has 5 heteroatoms. The highest BCUT2D eigenvalue weighted by atomic mass is 19.4. The molecule has 1 rings (SSSR count). The van der Waals surface area contributed by atoms with E-state index in [1.165, 1.54) is 0 Å². The third-order valence-corrected chi connectivity index (χ3v) is 2.70. The quantitative estimate of drug-likeness (QED) is 0.851. The molecule has 18 heavy (non-hydrogen) atoms. The van der Waals surface area contributed by atoms with E-state index in [4.69, 9.17) is 10.5 Å². The second-order valence-corrected chi connectivity index (χ2v) is 4.12. The molecule has 2 N–H and O–H groups in total. The summed E-state index contributed by atoms with van der Waals surface area (Å²) in [5.74, 6) is 0. The summed E-state index contributed by atoms with van der Waals surface area (Å²) in [6.07, 6.45) is -4.94. The molecule has 0 fully saturated rings. The molecular weight excluding hydrogens is 243 g/mol. The van der Waals surface area contributed by atoms with Gasteiger partial charge in [0.25, 0.3) is 0 Å². The average Bonchev–Trinajstić information content (AvgIpc) is 2.34. The summed E-state index contributed by atoms with van der Waals surface area (Å²) in [6, 6.07) is 8.85. The summed E-state index contributed by atoms with van der Waals surface area (Å²) >= 11 is 0. The van der Waals surface area contributed by atoms with E-state index in [2.05, 4.69) is 0 Å². The van der Waals surface area contributed by atoms with E-state index in [-0.39, 0.29) is 6.61 Å². The number of alkyl halides is 3. The third kappa shape index (κ3) is 5.06. The molecule has 2 unspecified atom stereocenters. The lowest BCUT2D eigenvalue weighted by molar-refractivity contribution is -0.150. The zero-order chi connectivity index (χ0) is 13.6. The second kappa shape index (κ2) is 6.75. The van der Waals surface area contributed by atoms with E-state index in [1.807, 2.05) is 37.3 Å². The van der Waals surface area contributed by atoms with Crippen LogP contribution in [-0.2, 0) is 4.74 Å². The maximum Gasteiger partial charge on any atom is 0.391 e. The summed E-state index contributed by atoms with van der Waals surface area (Å²) < 4.78 is 41.3. The lowest BCUT2D eigenvalue weighted by Crippen LogP contribution is -2.29. The number of hydrogen-bond donors (Lipinski definition) is 1. The average molecular weight is 261 g/mol. The first-order valence-corrected chi connectivity index (χ1v) is 5.93. The zero-order valence-electron chi connectivity index (χ0n) is 10.3. The van der Waals surface area contributed by atoms with Gasteiger partial charge in [0.05, 0.1) is 25.2 Å². The molecule has 2 nitrogen and oxygen atoms in total. The Bertz CT molecular complexity index is 340. The highest BCUT2D eigenvalue weighted by Gasteiger charge is 2.28. The van der Waals surface area contributed by atoms with Crippen LogP contribution in [0.15, 0.2) is 30.3 Å². The van der Waals surface area contributed by atoms with E-state index in [0.717, 1.165) is 5.56 Å². The predicted octanol–water partition coefficient (Wildman–Crippen LogP) is 3.43. The van der Waals surface area contributed by atoms with Gasteiger partial charge in [-0.3, -0.25) is 0 Å². The minimum Gasteiger partial charge on any atom is -0.376 e. The molecule has 0 bridgehead atoms. The Kier molecular flexibility index (Phi) is 5.62. The first kappa shape index (κ1) is 15.0. The van der Waals surface area contributed by atoms with Gasteiger partial charge in [-0.05, 0) is 12.0 Å². The van der Waals surface area contributed by atoms with Crippen LogP contribution in [0, 0.1) is 0 Å². The Hall–Kier alpha value is -1.07. The first-order valence-electron chi connectivity index (χ1n) is 5.93. The van der Waals surface area contributed by atoms with Gasteiger partial charge in [-0.15, -0.1) is 0 Å². The van der Waals surface area contributed by atoms with Crippen LogP contribution in [0.25, 0.3) is 0 Å². The van der Waals surface area contributed by atoms with Crippen LogP contribution in [-0.4, -0.2) is 18.9 Å². The molecule has 0 amide bonds. The smallest absolute Gasteiger partial charge is 0.376 e. The standard InChI is InChI=1S/C13H18F3NO/c1-2-11(18-9-8-13(14,15)16)12(17)10-6-4-3-5-7-10/h3-7,11-12H,2,8-9,17H2,1H3. The maximum atomic E-state index is 12.0. The lowest BCUT2D eigenvalue weighted by atomic mass is 10.0. The largest absolute Gasteiger partial charge is 0.391 e. The molecule has 0 aliphatic carbocycles. The fourth-order valence-electron chi connectivity index (χ4n) is 1.69. The molecular formula is C13H18F3NO. The van der Waals surface area contributed by atoms with Gasteiger partial charge in [0.1, 0.15) is 0 Å². The van der Waals surface area contributed by atoms with Crippen molar-refractivity contribution in [2.75, 3.05) is 6.61 Å². The van der Waals surface area contributed by atoms with Crippen molar-refractivity contribution in [3.63, 3.8) is 0 Å². The minimum absolute atomic E-state index is 0.345. The van der Waals surface area contributed by atoms with Crippen molar-refractivity contribution in [1.82, 2.24) is 0 Å². The van der Waals surface area contributed by atoms with Crippen molar-refractivity contribution in [3.8, 4) is 0 Å². The number of nitrogens with two attached hydrogens (primary N) is 1. The number of ether oxygens (including phenoxy) is 1. The number of halogens is 3. The zero-order valence-corrected chi connectivity index (χ0v) is 10.3. The molecule has 0 aliphatic rings. The molecule has 0 saturated carbocycles. The van der Waals surface area contributed by atoms with Crippen LogP contribution in [0.4, 0.5) is 13.2 Å². The van der Waals surface area contributed by atoms with Crippen LogP contribution < -0.4 is 5.73 Å². The SMILES string of the molecule is CCC(OCCC(F)(F)F)C(N)c1ccccc1. The van der Waals surface area contributed by atoms with Gasteiger partial charge in [0, 0.05) is 0 Å². The van der Waals surface area contributed by atoms with Crippen LogP contribution in [0.2, 0.25) is 0 Å². The highest BCUT2D eigenvalue weighted by molar-refractivity contribution is 5.19. The molecule has 0 aliphatic heterocycles. The van der Waals surface area contributed by atoms with Crippen LogP contribution in [0.5, 0.6) is 0 Å². The molecule has 2 atom stereocenters. The molecule has 0 spiro atoms. The lowest BCUT2D eigenvalue weighted by Gasteiger charge is -2.23. The summed E-state index contributed by atoms with van der Waals surface area (Å²) in [6.45, 7) is 1.50. The topological polar surface area (TPSA) is 35.2 Å². The van der Waals surface area contributed by atoms with E-state index >= 15 is 0 Å². The van der Waals surface area contributed by atoms with Gasteiger partial charge >= 0.3 is 6.18 Å². The highest BCUT2D eigenvalue weighted by Crippen LogP contribution is 2.22. The van der Waals surface area contributed by atoms with Crippen LogP contribution >= 0.6 is 0 Å². The van der Waals surface area contributed by atoms with Crippen molar-refractivity contribution < 1.29 is 17.9 Å². The molecule has 0 radical (unpaired) electrons. The van der Waals surface area contributed by atoms with E-state index in [9.17, 15) is 13.2 Å². The normalized spacial score (nSPS) is 15.4. The third-order valence-electron chi connectivity index (χ3n) is 2.70. The van der Waals surface area contributed by atoms with E-state index < -0.39 is 24.7 Å². The number of benzene rings is 1. The Balaban J connectivity index is 2.51. The second-order valence-electron chi connectivity index (χ2n) is 4.12. The van der Waals surface area contributed by atoms with Crippen molar-refractivity contribution >= 4 is 0 Å². The van der Waals surface area contributed by atoms with Gasteiger partial charge in [-0.25, -0.2) is 0 Å². The van der Waals surface area contributed by atoms with Crippen molar-refractivity contribution in [1.29, 1.82) is 0 Å². The van der Waals surface area contributed by atoms with Crippen molar-refractivity contribution in [2.24, 2.45) is 5.73 Å². The fraction of sp³-hybridized carbons (Fsp3) is 0.538. The molecule has 0 saturated heterocycles. The van der Waals surface area contributed by atoms with Crippen LogP contribution in [0.3, 0.4) is 0 Å². The monoisotopic (exact) mass is 261 g/mol. The summed E-state index contributed by atoms with van der Waals surface area (Å²) in [7, 11) is 0. The molecule has 1 aromatic carbocycles. The van der Waals surface area contributed by atoms with Crippen molar-refractivity contribution in [2.45, 2.75) is 38.1 Å². The Morgan fingerprint density at radius 1 is 1.22 bits per heavy atom.